The number of H-pyrrole nitrogens is 1. The lowest BCUT2D eigenvalue weighted by Gasteiger charge is -2.08. The van der Waals surface area contributed by atoms with Crippen molar-refractivity contribution >= 4 is 5.65 Å². The van der Waals surface area contributed by atoms with Gasteiger partial charge in [-0.2, -0.15) is 0 Å². The maximum absolute atomic E-state index is 13.1. The third-order valence-corrected chi connectivity index (χ3v) is 3.90. The van der Waals surface area contributed by atoms with Gasteiger partial charge in [-0.15, -0.1) is 0 Å². The highest BCUT2D eigenvalue weighted by molar-refractivity contribution is 5.79. The molecule has 3 aromatic rings. The first kappa shape index (κ1) is 14.5. The Hall–Kier alpha value is -2.43. The van der Waals surface area contributed by atoms with Crippen molar-refractivity contribution in [2.24, 2.45) is 0 Å². The number of aryl methyl sites for hydroxylation is 2. The van der Waals surface area contributed by atoms with Crippen LogP contribution in [0.3, 0.4) is 0 Å². The second-order valence-corrected chi connectivity index (χ2v) is 5.85. The van der Waals surface area contributed by atoms with Gasteiger partial charge >= 0.3 is 0 Å². The number of aromatic nitrogens is 3. The summed E-state index contributed by atoms with van der Waals surface area (Å²) in [5.41, 5.74) is 4.45. The van der Waals surface area contributed by atoms with Crippen LogP contribution in [0.5, 0.6) is 0 Å². The van der Waals surface area contributed by atoms with Gasteiger partial charge in [0.25, 0.3) is 5.56 Å². The fraction of sp³-hybridized carbons (Fsp3) is 0.294. The summed E-state index contributed by atoms with van der Waals surface area (Å²) in [7, 11) is 0. The van der Waals surface area contributed by atoms with E-state index in [1.165, 1.54) is 16.6 Å². The average Bonchev–Trinajstić information content (AvgIpc) is 2.76. The number of nitrogens with zero attached hydrogens (tertiary/aromatic N) is 2. The van der Waals surface area contributed by atoms with Gasteiger partial charge in [0.1, 0.15) is 5.82 Å². The highest BCUT2D eigenvalue weighted by Crippen LogP contribution is 2.27. The monoisotopic (exact) mass is 299 g/mol. The van der Waals surface area contributed by atoms with E-state index in [1.807, 2.05) is 27.7 Å². The number of hydrogen-bond acceptors (Lipinski definition) is 2. The number of halogens is 1. The second kappa shape index (κ2) is 5.09. The fourth-order valence-corrected chi connectivity index (χ4v) is 2.93. The summed E-state index contributed by atoms with van der Waals surface area (Å²) in [5, 5.41) is 3.08. The van der Waals surface area contributed by atoms with Crippen molar-refractivity contribution in [2.45, 2.75) is 33.6 Å². The number of rotatable bonds is 2. The Balaban J connectivity index is 2.36. The molecular weight excluding hydrogens is 281 g/mol. The SMILES string of the molecule is Cc1nc2c(-c3ccc(F)cc3)c(C)[nH]n2c(=O)c1C(C)C. The van der Waals surface area contributed by atoms with Gasteiger partial charge in [-0.25, -0.2) is 13.9 Å². The van der Waals surface area contributed by atoms with Crippen molar-refractivity contribution in [2.75, 3.05) is 0 Å². The quantitative estimate of drug-likeness (QED) is 0.786. The summed E-state index contributed by atoms with van der Waals surface area (Å²) in [4.78, 5) is 17.3. The lowest BCUT2D eigenvalue weighted by Crippen LogP contribution is -2.22. The average molecular weight is 299 g/mol. The minimum absolute atomic E-state index is 0.0750. The molecule has 0 saturated carbocycles. The Labute approximate surface area is 127 Å². The van der Waals surface area contributed by atoms with E-state index < -0.39 is 0 Å². The summed E-state index contributed by atoms with van der Waals surface area (Å²) in [6.45, 7) is 7.70. The highest BCUT2D eigenvalue weighted by atomic mass is 19.1. The Morgan fingerprint density at radius 1 is 1.18 bits per heavy atom. The van der Waals surface area contributed by atoms with Crippen LogP contribution in [0.25, 0.3) is 16.8 Å². The van der Waals surface area contributed by atoms with E-state index in [9.17, 15) is 9.18 Å². The molecule has 1 aromatic carbocycles. The molecule has 0 saturated heterocycles. The maximum Gasteiger partial charge on any atom is 0.276 e. The molecule has 22 heavy (non-hydrogen) atoms. The zero-order valence-electron chi connectivity index (χ0n) is 13.1. The topological polar surface area (TPSA) is 50.2 Å². The van der Waals surface area contributed by atoms with Crippen molar-refractivity contribution in [1.29, 1.82) is 0 Å². The lowest BCUT2D eigenvalue weighted by atomic mass is 10.0. The largest absolute Gasteiger partial charge is 0.293 e. The van der Waals surface area contributed by atoms with Gasteiger partial charge in [0.2, 0.25) is 0 Å². The molecule has 0 bridgehead atoms. The predicted octanol–water partition coefficient (Wildman–Crippen LogP) is 3.57. The summed E-state index contributed by atoms with van der Waals surface area (Å²) in [5.74, 6) is -0.181. The molecule has 0 fully saturated rings. The van der Waals surface area contributed by atoms with E-state index in [1.54, 1.807) is 12.1 Å². The molecule has 0 aliphatic carbocycles. The summed E-state index contributed by atoms with van der Waals surface area (Å²) >= 11 is 0. The highest BCUT2D eigenvalue weighted by Gasteiger charge is 2.18. The van der Waals surface area contributed by atoms with Crippen LogP contribution >= 0.6 is 0 Å². The van der Waals surface area contributed by atoms with Crippen molar-refractivity contribution < 1.29 is 4.39 Å². The first-order valence-electron chi connectivity index (χ1n) is 7.28. The molecular formula is C17H18FN3O. The van der Waals surface area contributed by atoms with E-state index in [2.05, 4.69) is 10.1 Å². The minimum Gasteiger partial charge on any atom is -0.293 e. The zero-order chi connectivity index (χ0) is 16.0. The van der Waals surface area contributed by atoms with Gasteiger partial charge < -0.3 is 0 Å². The van der Waals surface area contributed by atoms with Crippen LogP contribution in [0.4, 0.5) is 4.39 Å². The number of fused-ring (bicyclic) bond motifs is 1. The normalized spacial score (nSPS) is 11.5. The second-order valence-electron chi connectivity index (χ2n) is 5.85. The first-order chi connectivity index (χ1) is 10.4. The van der Waals surface area contributed by atoms with Crippen molar-refractivity contribution in [3.8, 4) is 11.1 Å². The molecule has 2 aromatic heterocycles. The molecule has 0 spiro atoms. The van der Waals surface area contributed by atoms with Crippen LogP contribution in [-0.4, -0.2) is 14.6 Å². The molecule has 0 amide bonds. The smallest absolute Gasteiger partial charge is 0.276 e. The maximum atomic E-state index is 13.1. The molecule has 4 nitrogen and oxygen atoms in total. The van der Waals surface area contributed by atoms with E-state index in [0.717, 1.165) is 22.5 Å². The van der Waals surface area contributed by atoms with Crippen LogP contribution in [0.2, 0.25) is 0 Å². The number of nitrogens with one attached hydrogen (secondary N) is 1. The molecule has 5 heteroatoms. The van der Waals surface area contributed by atoms with E-state index in [-0.39, 0.29) is 17.3 Å². The molecule has 0 radical (unpaired) electrons. The van der Waals surface area contributed by atoms with E-state index in [0.29, 0.717) is 11.2 Å². The van der Waals surface area contributed by atoms with Crippen LogP contribution < -0.4 is 5.56 Å². The van der Waals surface area contributed by atoms with Crippen LogP contribution in [0.15, 0.2) is 29.1 Å². The van der Waals surface area contributed by atoms with Crippen molar-refractivity contribution in [3.05, 3.63) is 57.4 Å². The van der Waals surface area contributed by atoms with Gasteiger partial charge in [-0.05, 0) is 37.5 Å². The van der Waals surface area contributed by atoms with E-state index >= 15 is 0 Å². The first-order valence-corrected chi connectivity index (χ1v) is 7.28. The molecule has 0 atom stereocenters. The predicted molar refractivity (Wildman–Crippen MR) is 84.8 cm³/mol. The Morgan fingerprint density at radius 3 is 2.41 bits per heavy atom. The standard InChI is InChI=1S/C17H18FN3O/c1-9(2)14-10(3)19-16-15(11(4)20-21(16)17(14)22)12-5-7-13(18)8-6-12/h5-9,20H,1-4H3. The number of aromatic amines is 1. The minimum atomic E-state index is -0.287. The Morgan fingerprint density at radius 2 is 1.82 bits per heavy atom. The van der Waals surface area contributed by atoms with Gasteiger partial charge in [-0.1, -0.05) is 26.0 Å². The van der Waals surface area contributed by atoms with Crippen LogP contribution in [-0.2, 0) is 0 Å². The Kier molecular flexibility index (Phi) is 3.35. The number of hydrogen-bond donors (Lipinski definition) is 1. The number of benzene rings is 1. The van der Waals surface area contributed by atoms with Crippen molar-refractivity contribution in [1.82, 2.24) is 14.6 Å². The third-order valence-electron chi connectivity index (χ3n) is 3.90. The third kappa shape index (κ3) is 2.13. The van der Waals surface area contributed by atoms with Crippen LogP contribution in [0, 0.1) is 19.7 Å². The summed E-state index contributed by atoms with van der Waals surface area (Å²) < 4.78 is 14.6. The van der Waals surface area contributed by atoms with Crippen LogP contribution in [0.1, 0.15) is 36.7 Å². The lowest BCUT2D eigenvalue weighted by molar-refractivity contribution is 0.628. The van der Waals surface area contributed by atoms with Gasteiger partial charge in [0, 0.05) is 22.5 Å². The zero-order valence-corrected chi connectivity index (χ0v) is 13.1. The summed E-state index contributed by atoms with van der Waals surface area (Å²) in [6, 6.07) is 6.21. The Bertz CT molecular complexity index is 904. The van der Waals surface area contributed by atoms with E-state index in [4.69, 9.17) is 0 Å². The molecule has 0 aliphatic heterocycles. The summed E-state index contributed by atoms with van der Waals surface area (Å²) in [6.07, 6.45) is 0. The van der Waals surface area contributed by atoms with Gasteiger partial charge in [0.15, 0.2) is 5.65 Å². The van der Waals surface area contributed by atoms with Gasteiger partial charge in [0.05, 0.1) is 0 Å². The fourth-order valence-electron chi connectivity index (χ4n) is 2.93. The molecule has 0 aliphatic rings. The molecule has 1 N–H and O–H groups in total. The van der Waals surface area contributed by atoms with Crippen molar-refractivity contribution in [3.63, 3.8) is 0 Å². The molecule has 114 valence electrons. The molecule has 2 heterocycles. The molecule has 3 rings (SSSR count). The van der Waals surface area contributed by atoms with Gasteiger partial charge in [-0.3, -0.25) is 9.89 Å². The molecule has 0 unspecified atom stereocenters.